The van der Waals surface area contributed by atoms with Gasteiger partial charge in [0.05, 0.1) is 10.7 Å². The lowest BCUT2D eigenvalue weighted by atomic mass is 10.0. The SMILES string of the molecule is O=C(COc1ccc(C2=NNC(=O)CC2)cc1Cl)NCCN1CCN(c2ccccn2)CC1. The molecule has 33 heavy (non-hydrogen) atoms. The number of hydrogen-bond acceptors (Lipinski definition) is 7. The van der Waals surface area contributed by atoms with Crippen molar-refractivity contribution in [3.8, 4) is 5.75 Å². The monoisotopic (exact) mass is 470 g/mol. The van der Waals surface area contributed by atoms with Crippen molar-refractivity contribution in [2.75, 3.05) is 50.8 Å². The molecule has 0 aliphatic carbocycles. The third kappa shape index (κ3) is 6.43. The van der Waals surface area contributed by atoms with E-state index in [4.69, 9.17) is 16.3 Å². The molecule has 9 nitrogen and oxygen atoms in total. The fraction of sp³-hybridized carbons (Fsp3) is 0.391. The molecule has 2 aliphatic heterocycles. The van der Waals surface area contributed by atoms with Gasteiger partial charge in [0, 0.05) is 58.3 Å². The Morgan fingerprint density at radius 2 is 2.00 bits per heavy atom. The van der Waals surface area contributed by atoms with Gasteiger partial charge in [-0.3, -0.25) is 14.5 Å². The van der Waals surface area contributed by atoms with Crippen molar-refractivity contribution in [1.82, 2.24) is 20.6 Å². The van der Waals surface area contributed by atoms with Crippen LogP contribution in [0.25, 0.3) is 0 Å². The van der Waals surface area contributed by atoms with E-state index in [0.717, 1.165) is 49.8 Å². The number of carbonyl (C=O) groups excluding carboxylic acids is 2. The van der Waals surface area contributed by atoms with E-state index in [1.165, 1.54) is 0 Å². The zero-order valence-electron chi connectivity index (χ0n) is 18.3. The molecule has 0 spiro atoms. The van der Waals surface area contributed by atoms with Gasteiger partial charge in [-0.15, -0.1) is 0 Å². The Morgan fingerprint density at radius 3 is 2.70 bits per heavy atom. The first kappa shape index (κ1) is 23.0. The summed E-state index contributed by atoms with van der Waals surface area (Å²) >= 11 is 6.31. The highest BCUT2D eigenvalue weighted by Gasteiger charge is 2.18. The number of piperazine rings is 1. The average molecular weight is 471 g/mol. The van der Waals surface area contributed by atoms with Crippen LogP contribution in [0.5, 0.6) is 5.75 Å². The van der Waals surface area contributed by atoms with E-state index in [0.29, 0.717) is 30.2 Å². The normalized spacial score (nSPS) is 16.7. The summed E-state index contributed by atoms with van der Waals surface area (Å²) in [5.74, 6) is 1.15. The van der Waals surface area contributed by atoms with Gasteiger partial charge in [-0.2, -0.15) is 5.10 Å². The maximum Gasteiger partial charge on any atom is 0.257 e. The number of carbonyl (C=O) groups is 2. The Bertz CT molecular complexity index is 1010. The van der Waals surface area contributed by atoms with Gasteiger partial charge < -0.3 is 15.0 Å². The molecule has 2 amide bonds. The first-order valence-corrected chi connectivity index (χ1v) is 11.4. The van der Waals surface area contributed by atoms with E-state index in [1.54, 1.807) is 12.1 Å². The van der Waals surface area contributed by atoms with E-state index >= 15 is 0 Å². The number of benzene rings is 1. The molecule has 1 saturated heterocycles. The molecule has 0 bridgehead atoms. The molecule has 10 heteroatoms. The first-order chi connectivity index (χ1) is 16.1. The summed E-state index contributed by atoms with van der Waals surface area (Å²) in [4.78, 5) is 32.4. The molecular weight excluding hydrogens is 444 g/mol. The van der Waals surface area contributed by atoms with Gasteiger partial charge >= 0.3 is 0 Å². The zero-order chi connectivity index (χ0) is 23.0. The summed E-state index contributed by atoms with van der Waals surface area (Å²) in [6.07, 6.45) is 2.77. The van der Waals surface area contributed by atoms with Crippen molar-refractivity contribution in [3.63, 3.8) is 0 Å². The average Bonchev–Trinajstić information content (AvgIpc) is 2.85. The first-order valence-electron chi connectivity index (χ1n) is 11.0. The van der Waals surface area contributed by atoms with Crippen LogP contribution in [-0.2, 0) is 9.59 Å². The number of halogens is 1. The standard InChI is InChI=1S/C23H27ClN6O3/c24-18-15-17(19-5-7-22(31)28-27-19)4-6-20(18)33-16-23(32)26-9-10-29-11-13-30(14-12-29)21-3-1-2-8-25-21/h1-4,6,8,15H,5,7,9-14,16H2,(H,26,32)(H,28,31). The van der Waals surface area contributed by atoms with Gasteiger partial charge in [0.15, 0.2) is 6.61 Å². The molecule has 0 saturated carbocycles. The molecule has 2 aliphatic rings. The van der Waals surface area contributed by atoms with Gasteiger partial charge in [0.2, 0.25) is 5.91 Å². The highest BCUT2D eigenvalue weighted by Crippen LogP contribution is 2.26. The molecule has 2 N–H and O–H groups in total. The van der Waals surface area contributed by atoms with Crippen LogP contribution in [0.2, 0.25) is 5.02 Å². The fourth-order valence-electron chi connectivity index (χ4n) is 3.77. The molecule has 0 unspecified atom stereocenters. The second-order valence-electron chi connectivity index (χ2n) is 7.89. The maximum atomic E-state index is 12.2. The molecule has 4 rings (SSSR count). The second-order valence-corrected chi connectivity index (χ2v) is 8.30. The van der Waals surface area contributed by atoms with Gasteiger partial charge in [0.25, 0.3) is 5.91 Å². The number of rotatable bonds is 8. The lowest BCUT2D eigenvalue weighted by Gasteiger charge is -2.35. The van der Waals surface area contributed by atoms with Crippen LogP contribution in [0.1, 0.15) is 18.4 Å². The Balaban J connectivity index is 1.15. The number of ether oxygens (including phenoxy) is 1. The van der Waals surface area contributed by atoms with E-state index in [-0.39, 0.29) is 18.4 Å². The zero-order valence-corrected chi connectivity index (χ0v) is 19.1. The van der Waals surface area contributed by atoms with Crippen molar-refractivity contribution < 1.29 is 14.3 Å². The number of hydrogen-bond donors (Lipinski definition) is 2. The van der Waals surface area contributed by atoms with Crippen molar-refractivity contribution >= 4 is 34.9 Å². The molecular formula is C23H27ClN6O3. The van der Waals surface area contributed by atoms with E-state index < -0.39 is 0 Å². The van der Waals surface area contributed by atoms with Crippen LogP contribution in [0.4, 0.5) is 5.82 Å². The maximum absolute atomic E-state index is 12.2. The Labute approximate surface area is 197 Å². The Kier molecular flexibility index (Phi) is 7.74. The summed E-state index contributed by atoms with van der Waals surface area (Å²) in [5, 5.41) is 7.35. The van der Waals surface area contributed by atoms with Crippen LogP contribution in [0, 0.1) is 0 Å². The van der Waals surface area contributed by atoms with Gasteiger partial charge in [-0.25, -0.2) is 10.4 Å². The minimum atomic E-state index is -0.193. The number of pyridine rings is 1. The number of aromatic nitrogens is 1. The molecule has 2 aromatic rings. The van der Waals surface area contributed by atoms with E-state index in [2.05, 4.69) is 30.6 Å². The molecule has 174 valence electrons. The fourth-order valence-corrected chi connectivity index (χ4v) is 4.00. The van der Waals surface area contributed by atoms with Crippen molar-refractivity contribution in [1.29, 1.82) is 0 Å². The third-order valence-corrected chi connectivity index (χ3v) is 5.92. The number of nitrogens with one attached hydrogen (secondary N) is 2. The lowest BCUT2D eigenvalue weighted by molar-refractivity contribution is -0.123. The summed E-state index contributed by atoms with van der Waals surface area (Å²) in [6, 6.07) is 11.2. The second kappa shape index (κ2) is 11.1. The smallest absolute Gasteiger partial charge is 0.257 e. The van der Waals surface area contributed by atoms with Crippen LogP contribution in [-0.4, -0.2) is 73.3 Å². The van der Waals surface area contributed by atoms with Crippen LogP contribution < -0.4 is 20.4 Å². The van der Waals surface area contributed by atoms with Crippen molar-refractivity contribution in [3.05, 3.63) is 53.2 Å². The minimum absolute atomic E-state index is 0.0949. The lowest BCUT2D eigenvalue weighted by Crippen LogP contribution is -2.48. The molecule has 0 atom stereocenters. The quantitative estimate of drug-likeness (QED) is 0.609. The predicted molar refractivity (Wildman–Crippen MR) is 127 cm³/mol. The number of amides is 2. The van der Waals surface area contributed by atoms with Crippen molar-refractivity contribution in [2.24, 2.45) is 5.10 Å². The van der Waals surface area contributed by atoms with Crippen LogP contribution >= 0.6 is 11.6 Å². The Morgan fingerprint density at radius 1 is 1.15 bits per heavy atom. The van der Waals surface area contributed by atoms with Crippen molar-refractivity contribution in [2.45, 2.75) is 12.8 Å². The Hall–Kier alpha value is -3.17. The summed E-state index contributed by atoms with van der Waals surface area (Å²) in [7, 11) is 0. The summed E-state index contributed by atoms with van der Waals surface area (Å²) in [6.45, 7) is 4.94. The molecule has 1 aromatic carbocycles. The number of nitrogens with zero attached hydrogens (tertiary/aromatic N) is 4. The van der Waals surface area contributed by atoms with E-state index in [1.807, 2.05) is 30.5 Å². The molecule has 1 aromatic heterocycles. The van der Waals surface area contributed by atoms with Crippen LogP contribution in [0.15, 0.2) is 47.7 Å². The number of anilines is 1. The largest absolute Gasteiger partial charge is 0.482 e. The predicted octanol–water partition coefficient (Wildman–Crippen LogP) is 1.67. The summed E-state index contributed by atoms with van der Waals surface area (Å²) in [5.41, 5.74) is 4.06. The van der Waals surface area contributed by atoms with Crippen LogP contribution in [0.3, 0.4) is 0 Å². The minimum Gasteiger partial charge on any atom is -0.482 e. The van der Waals surface area contributed by atoms with Gasteiger partial charge in [-0.05, 0) is 35.9 Å². The highest BCUT2D eigenvalue weighted by molar-refractivity contribution is 6.32. The topological polar surface area (TPSA) is 99.2 Å². The van der Waals surface area contributed by atoms with Gasteiger partial charge in [0.1, 0.15) is 11.6 Å². The highest BCUT2D eigenvalue weighted by atomic mass is 35.5. The molecule has 1 fully saturated rings. The molecule has 0 radical (unpaired) electrons. The summed E-state index contributed by atoms with van der Waals surface area (Å²) < 4.78 is 5.58. The third-order valence-electron chi connectivity index (χ3n) is 5.62. The molecule has 3 heterocycles. The van der Waals surface area contributed by atoms with E-state index in [9.17, 15) is 9.59 Å². The van der Waals surface area contributed by atoms with Gasteiger partial charge in [-0.1, -0.05) is 17.7 Å². The number of hydrazone groups is 1.